The molecule has 3 amide bonds. The maximum atomic E-state index is 13.1. The monoisotopic (exact) mass is 431 g/mol. The number of methoxy groups -OCH3 is 1. The Morgan fingerprint density at radius 3 is 2.52 bits per heavy atom. The molecule has 0 aromatic heterocycles. The van der Waals surface area contributed by atoms with Gasteiger partial charge in [-0.2, -0.15) is 0 Å². The molecule has 0 unspecified atom stereocenters. The van der Waals surface area contributed by atoms with E-state index < -0.39 is 0 Å². The molecule has 3 rings (SSSR count). The SMILES string of the molecule is CO[C@H]1CN(C)C(=O)c2ccc(NC(C)=O)cc2OC[C@H](C)N(C(=O)C2CC2)C[C@H]1C. The number of ether oxygens (including phenoxy) is 2. The maximum Gasteiger partial charge on any atom is 0.257 e. The number of nitrogens with zero attached hydrogens (tertiary/aromatic N) is 2. The number of hydrogen-bond acceptors (Lipinski definition) is 5. The van der Waals surface area contributed by atoms with Crippen LogP contribution in [-0.4, -0.2) is 73.5 Å². The molecule has 1 aliphatic carbocycles. The number of hydrogen-bond donors (Lipinski definition) is 1. The van der Waals surface area contributed by atoms with Gasteiger partial charge in [0.1, 0.15) is 12.4 Å². The van der Waals surface area contributed by atoms with Crippen molar-refractivity contribution >= 4 is 23.4 Å². The van der Waals surface area contributed by atoms with Gasteiger partial charge in [0.2, 0.25) is 11.8 Å². The first-order valence-corrected chi connectivity index (χ1v) is 10.8. The van der Waals surface area contributed by atoms with Crippen molar-refractivity contribution in [3.63, 3.8) is 0 Å². The van der Waals surface area contributed by atoms with Crippen molar-refractivity contribution in [2.75, 3.05) is 39.2 Å². The Bertz CT molecular complexity index is 839. The second kappa shape index (κ2) is 9.68. The van der Waals surface area contributed by atoms with Crippen LogP contribution in [0.25, 0.3) is 0 Å². The van der Waals surface area contributed by atoms with Gasteiger partial charge < -0.3 is 24.6 Å². The van der Waals surface area contributed by atoms with Gasteiger partial charge in [0, 0.05) is 57.8 Å². The molecule has 31 heavy (non-hydrogen) atoms. The van der Waals surface area contributed by atoms with Crippen LogP contribution in [0.1, 0.15) is 44.0 Å². The predicted molar refractivity (Wildman–Crippen MR) is 117 cm³/mol. The van der Waals surface area contributed by atoms with E-state index in [9.17, 15) is 14.4 Å². The van der Waals surface area contributed by atoms with E-state index in [0.29, 0.717) is 30.1 Å². The summed E-state index contributed by atoms with van der Waals surface area (Å²) in [5.41, 5.74) is 0.961. The molecule has 3 atom stereocenters. The molecule has 1 saturated carbocycles. The van der Waals surface area contributed by atoms with Crippen LogP contribution < -0.4 is 10.1 Å². The van der Waals surface area contributed by atoms with E-state index >= 15 is 0 Å². The molecule has 0 saturated heterocycles. The molecule has 1 aliphatic heterocycles. The zero-order valence-electron chi connectivity index (χ0n) is 19.0. The smallest absolute Gasteiger partial charge is 0.257 e. The van der Waals surface area contributed by atoms with Gasteiger partial charge in [-0.3, -0.25) is 14.4 Å². The molecule has 0 bridgehead atoms. The molecule has 1 heterocycles. The summed E-state index contributed by atoms with van der Waals surface area (Å²) in [5.74, 6) is 0.307. The van der Waals surface area contributed by atoms with Gasteiger partial charge in [0.05, 0.1) is 17.7 Å². The summed E-state index contributed by atoms with van der Waals surface area (Å²) in [6.07, 6.45) is 1.66. The molecule has 1 aromatic rings. The topological polar surface area (TPSA) is 88.2 Å². The van der Waals surface area contributed by atoms with Crippen LogP contribution >= 0.6 is 0 Å². The van der Waals surface area contributed by atoms with Gasteiger partial charge in [-0.25, -0.2) is 0 Å². The third-order valence-electron chi connectivity index (χ3n) is 5.98. The molecule has 0 radical (unpaired) electrons. The zero-order valence-corrected chi connectivity index (χ0v) is 19.0. The van der Waals surface area contributed by atoms with E-state index in [2.05, 4.69) is 5.32 Å². The number of rotatable bonds is 3. The number of nitrogens with one attached hydrogen (secondary N) is 1. The first-order valence-electron chi connectivity index (χ1n) is 10.8. The Hall–Kier alpha value is -2.61. The van der Waals surface area contributed by atoms with E-state index in [1.807, 2.05) is 18.7 Å². The predicted octanol–water partition coefficient (Wildman–Crippen LogP) is 2.39. The third kappa shape index (κ3) is 5.55. The fraction of sp³-hybridized carbons (Fsp3) is 0.609. The molecule has 1 aromatic carbocycles. The van der Waals surface area contributed by atoms with Crippen molar-refractivity contribution in [1.82, 2.24) is 9.80 Å². The van der Waals surface area contributed by atoms with Crippen LogP contribution in [0.4, 0.5) is 5.69 Å². The minimum Gasteiger partial charge on any atom is -0.491 e. The van der Waals surface area contributed by atoms with Gasteiger partial charge >= 0.3 is 0 Å². The fourth-order valence-electron chi connectivity index (χ4n) is 3.92. The molecule has 2 aliphatic rings. The highest BCUT2D eigenvalue weighted by Crippen LogP contribution is 2.33. The zero-order chi connectivity index (χ0) is 22.7. The number of carbonyl (C=O) groups is 3. The standard InChI is InChI=1S/C23H33N3O5/c1-14-11-26(22(28)17-6-7-17)15(2)13-31-20-10-18(24-16(3)27)8-9-19(20)23(29)25(4)12-21(14)30-5/h8-10,14-15,17,21H,6-7,11-13H2,1-5H3,(H,24,27)/t14-,15+,21+/m1/s1. The van der Waals surface area contributed by atoms with Crippen LogP contribution in [-0.2, 0) is 14.3 Å². The summed E-state index contributed by atoms with van der Waals surface area (Å²) in [6, 6.07) is 4.83. The van der Waals surface area contributed by atoms with E-state index in [0.717, 1.165) is 12.8 Å². The van der Waals surface area contributed by atoms with Gasteiger partial charge in [-0.1, -0.05) is 6.92 Å². The molecule has 1 fully saturated rings. The largest absolute Gasteiger partial charge is 0.491 e. The summed E-state index contributed by atoms with van der Waals surface area (Å²) in [5, 5.41) is 2.72. The number of amides is 3. The summed E-state index contributed by atoms with van der Waals surface area (Å²) in [4.78, 5) is 41.1. The lowest BCUT2D eigenvalue weighted by Crippen LogP contribution is -2.49. The normalized spacial score (nSPS) is 25.1. The molecule has 0 spiro atoms. The van der Waals surface area contributed by atoms with Crippen molar-refractivity contribution in [3.8, 4) is 5.75 Å². The number of benzene rings is 1. The average molecular weight is 432 g/mol. The molecule has 170 valence electrons. The molecular formula is C23H33N3O5. The van der Waals surface area contributed by atoms with Gasteiger partial charge in [0.25, 0.3) is 5.91 Å². The Morgan fingerprint density at radius 1 is 1.19 bits per heavy atom. The Kier molecular flexibility index (Phi) is 7.20. The van der Waals surface area contributed by atoms with Crippen molar-refractivity contribution in [3.05, 3.63) is 23.8 Å². The molecule has 8 nitrogen and oxygen atoms in total. The minimum atomic E-state index is -0.210. The molecular weight excluding hydrogens is 398 g/mol. The maximum absolute atomic E-state index is 13.1. The van der Waals surface area contributed by atoms with Crippen molar-refractivity contribution in [1.29, 1.82) is 0 Å². The van der Waals surface area contributed by atoms with Crippen LogP contribution in [0, 0.1) is 11.8 Å². The van der Waals surface area contributed by atoms with Gasteiger partial charge in [-0.15, -0.1) is 0 Å². The first-order chi connectivity index (χ1) is 14.7. The van der Waals surface area contributed by atoms with Crippen LogP contribution in [0.5, 0.6) is 5.75 Å². The highest BCUT2D eigenvalue weighted by atomic mass is 16.5. The quantitative estimate of drug-likeness (QED) is 0.794. The molecule has 8 heteroatoms. The number of carbonyl (C=O) groups excluding carboxylic acids is 3. The van der Waals surface area contributed by atoms with Crippen LogP contribution in [0.2, 0.25) is 0 Å². The summed E-state index contributed by atoms with van der Waals surface area (Å²) < 4.78 is 11.8. The van der Waals surface area contributed by atoms with Crippen LogP contribution in [0.15, 0.2) is 18.2 Å². The van der Waals surface area contributed by atoms with E-state index in [1.165, 1.54) is 6.92 Å². The second-order valence-corrected chi connectivity index (χ2v) is 8.75. The summed E-state index contributed by atoms with van der Waals surface area (Å²) in [7, 11) is 3.37. The van der Waals surface area contributed by atoms with E-state index in [4.69, 9.17) is 9.47 Å². The van der Waals surface area contributed by atoms with Crippen molar-refractivity contribution in [2.24, 2.45) is 11.8 Å². The van der Waals surface area contributed by atoms with Gasteiger partial charge in [-0.05, 0) is 31.9 Å². The van der Waals surface area contributed by atoms with Crippen molar-refractivity contribution in [2.45, 2.75) is 45.8 Å². The Labute approximate surface area is 183 Å². The summed E-state index contributed by atoms with van der Waals surface area (Å²) >= 11 is 0. The summed E-state index contributed by atoms with van der Waals surface area (Å²) in [6.45, 7) is 6.62. The first kappa shape index (κ1) is 23.1. The lowest BCUT2D eigenvalue weighted by atomic mass is 10.0. The van der Waals surface area contributed by atoms with Gasteiger partial charge in [0.15, 0.2) is 0 Å². The number of fused-ring (bicyclic) bond motifs is 1. The van der Waals surface area contributed by atoms with E-state index in [1.54, 1.807) is 37.3 Å². The Balaban J connectivity index is 1.95. The highest BCUT2D eigenvalue weighted by molar-refractivity contribution is 5.98. The highest BCUT2D eigenvalue weighted by Gasteiger charge is 2.37. The van der Waals surface area contributed by atoms with E-state index in [-0.39, 0.29) is 48.3 Å². The second-order valence-electron chi connectivity index (χ2n) is 8.75. The Morgan fingerprint density at radius 2 is 1.90 bits per heavy atom. The average Bonchev–Trinajstić information content (AvgIpc) is 3.57. The lowest BCUT2D eigenvalue weighted by molar-refractivity contribution is -0.136. The third-order valence-corrected chi connectivity index (χ3v) is 5.98. The minimum absolute atomic E-state index is 0.0476. The lowest BCUT2D eigenvalue weighted by Gasteiger charge is -2.36. The number of anilines is 1. The van der Waals surface area contributed by atoms with Crippen LogP contribution in [0.3, 0.4) is 0 Å². The number of likely N-dealkylation sites (N-methyl/N-ethyl adjacent to an activating group) is 1. The molecule has 1 N–H and O–H groups in total. The van der Waals surface area contributed by atoms with Crippen molar-refractivity contribution < 1.29 is 23.9 Å². The fourth-order valence-corrected chi connectivity index (χ4v) is 3.92.